The van der Waals surface area contributed by atoms with Gasteiger partial charge in [-0.25, -0.2) is 4.98 Å². The molecule has 0 radical (unpaired) electrons. The molecule has 174 valence electrons. The summed E-state index contributed by atoms with van der Waals surface area (Å²) in [5.41, 5.74) is -0.329. The average molecular weight is 498 g/mol. The Morgan fingerprint density at radius 1 is 1.12 bits per heavy atom. The fourth-order valence-electron chi connectivity index (χ4n) is 3.05. The summed E-state index contributed by atoms with van der Waals surface area (Å²) >= 11 is 7.44. The van der Waals surface area contributed by atoms with Crippen LogP contribution < -0.4 is 14.4 Å². The number of thiazole rings is 1. The van der Waals surface area contributed by atoms with Crippen LogP contribution in [-0.2, 0) is 4.79 Å². The third kappa shape index (κ3) is 6.25. The van der Waals surface area contributed by atoms with E-state index >= 15 is 0 Å². The van der Waals surface area contributed by atoms with Gasteiger partial charge in [-0.1, -0.05) is 29.0 Å². The first-order chi connectivity index (χ1) is 14.7. The maximum Gasteiger partial charge on any atom is 0.272 e. The predicted octanol–water partition coefficient (Wildman–Crippen LogP) is 5.52. The number of hydrogen-bond acceptors (Lipinski definition) is 6. The van der Waals surface area contributed by atoms with Crippen molar-refractivity contribution in [1.29, 1.82) is 0 Å². The van der Waals surface area contributed by atoms with E-state index in [4.69, 9.17) is 26.1 Å². The molecule has 2 aromatic carbocycles. The van der Waals surface area contributed by atoms with E-state index in [1.807, 2.05) is 44.1 Å². The number of ether oxygens (including phenoxy) is 2. The number of carbonyl (C=O) groups excluding carboxylic acids is 1. The Morgan fingerprint density at radius 3 is 2.44 bits per heavy atom. The first-order valence-corrected chi connectivity index (χ1v) is 11.3. The highest BCUT2D eigenvalue weighted by Gasteiger charge is 2.36. The number of amides is 1. The Labute approximate surface area is 204 Å². The maximum atomic E-state index is 13.6. The number of fused-ring (bicyclic) bond motifs is 1. The van der Waals surface area contributed by atoms with E-state index in [1.54, 1.807) is 43.0 Å². The number of likely N-dealkylation sites (N-methyl/N-ethyl adjacent to an activating group) is 1. The predicted molar refractivity (Wildman–Crippen MR) is 135 cm³/mol. The third-order valence-corrected chi connectivity index (χ3v) is 5.91. The molecule has 3 aromatic rings. The van der Waals surface area contributed by atoms with Gasteiger partial charge < -0.3 is 14.4 Å². The summed E-state index contributed by atoms with van der Waals surface area (Å²) in [5.74, 6) is 1.14. The van der Waals surface area contributed by atoms with Crippen molar-refractivity contribution in [3.05, 3.63) is 47.5 Å². The molecule has 0 saturated heterocycles. The number of carbonyl (C=O) groups is 1. The lowest BCUT2D eigenvalue weighted by Gasteiger charge is -2.31. The van der Waals surface area contributed by atoms with Crippen molar-refractivity contribution in [2.75, 3.05) is 38.7 Å². The van der Waals surface area contributed by atoms with Gasteiger partial charge in [0.15, 0.2) is 10.7 Å². The highest BCUT2D eigenvalue weighted by atomic mass is 35.5. The van der Waals surface area contributed by atoms with Gasteiger partial charge in [-0.2, -0.15) is 0 Å². The summed E-state index contributed by atoms with van der Waals surface area (Å²) in [5, 5.41) is 1.24. The maximum absolute atomic E-state index is 13.6. The SMILES string of the molecule is CCOc1cccc2sc(N(CCN(C)C)C(=O)C(C)(C)Oc3ccc(Cl)cc3)nc12.Cl. The van der Waals surface area contributed by atoms with Crippen LogP contribution in [0.5, 0.6) is 11.5 Å². The monoisotopic (exact) mass is 497 g/mol. The summed E-state index contributed by atoms with van der Waals surface area (Å²) in [6.45, 7) is 7.21. The lowest BCUT2D eigenvalue weighted by Crippen LogP contribution is -2.50. The quantitative estimate of drug-likeness (QED) is 0.389. The van der Waals surface area contributed by atoms with E-state index < -0.39 is 5.60 Å². The largest absolute Gasteiger partial charge is 0.492 e. The van der Waals surface area contributed by atoms with Gasteiger partial charge in [-0.05, 0) is 71.3 Å². The van der Waals surface area contributed by atoms with Crippen LogP contribution in [-0.4, -0.2) is 55.2 Å². The molecule has 0 aliphatic rings. The van der Waals surface area contributed by atoms with Crippen molar-refractivity contribution in [1.82, 2.24) is 9.88 Å². The molecule has 0 N–H and O–H groups in total. The summed E-state index contributed by atoms with van der Waals surface area (Å²) in [6, 6.07) is 12.8. The van der Waals surface area contributed by atoms with E-state index in [0.29, 0.717) is 35.6 Å². The van der Waals surface area contributed by atoms with Gasteiger partial charge >= 0.3 is 0 Å². The minimum Gasteiger partial charge on any atom is -0.492 e. The molecule has 0 saturated carbocycles. The standard InChI is InChI=1S/C23H28ClN3O3S.ClH/c1-6-29-18-8-7-9-19-20(18)25-22(31-19)27(15-14-26(4)5)21(28)23(2,3)30-17-12-10-16(24)11-13-17;/h7-13H,6,14-15H2,1-5H3;1H. The molecule has 0 spiro atoms. The first-order valence-electron chi connectivity index (χ1n) is 10.1. The summed E-state index contributed by atoms with van der Waals surface area (Å²) < 4.78 is 12.7. The number of rotatable bonds is 9. The third-order valence-electron chi connectivity index (χ3n) is 4.62. The first kappa shape index (κ1) is 26.2. The second kappa shape index (κ2) is 11.2. The number of para-hydroxylation sites is 1. The number of hydrogen-bond donors (Lipinski definition) is 0. The Kier molecular flexibility index (Phi) is 9.16. The zero-order valence-corrected chi connectivity index (χ0v) is 21.3. The van der Waals surface area contributed by atoms with Crippen LogP contribution in [0.2, 0.25) is 5.02 Å². The fraction of sp³-hybridized carbons (Fsp3) is 0.391. The molecule has 32 heavy (non-hydrogen) atoms. The van der Waals surface area contributed by atoms with E-state index in [9.17, 15) is 4.79 Å². The molecular formula is C23H29Cl2N3O3S. The van der Waals surface area contributed by atoms with Crippen molar-refractivity contribution >= 4 is 56.6 Å². The minimum atomic E-state index is -1.10. The normalized spacial score (nSPS) is 11.3. The van der Waals surface area contributed by atoms with Gasteiger partial charge in [0.25, 0.3) is 5.91 Å². The number of benzene rings is 2. The summed E-state index contributed by atoms with van der Waals surface area (Å²) in [4.78, 5) is 22.1. The second-order valence-electron chi connectivity index (χ2n) is 7.86. The summed E-state index contributed by atoms with van der Waals surface area (Å²) in [6.07, 6.45) is 0. The van der Waals surface area contributed by atoms with E-state index in [0.717, 1.165) is 16.0 Å². The molecule has 1 heterocycles. The Hall–Kier alpha value is -2.06. The number of aromatic nitrogens is 1. The van der Waals surface area contributed by atoms with Crippen molar-refractivity contribution < 1.29 is 14.3 Å². The van der Waals surface area contributed by atoms with Crippen LogP contribution in [0.15, 0.2) is 42.5 Å². The van der Waals surface area contributed by atoms with E-state index in [-0.39, 0.29) is 18.3 Å². The van der Waals surface area contributed by atoms with Gasteiger partial charge in [0.05, 0.1) is 11.3 Å². The van der Waals surface area contributed by atoms with Gasteiger partial charge in [0.1, 0.15) is 17.0 Å². The van der Waals surface area contributed by atoms with Crippen LogP contribution in [0, 0.1) is 0 Å². The lowest BCUT2D eigenvalue weighted by atomic mass is 10.1. The molecule has 6 nitrogen and oxygen atoms in total. The Morgan fingerprint density at radius 2 is 1.81 bits per heavy atom. The molecular weight excluding hydrogens is 469 g/mol. The molecule has 1 aromatic heterocycles. The molecule has 0 bridgehead atoms. The number of halogens is 2. The molecule has 1 amide bonds. The van der Waals surface area contributed by atoms with Gasteiger partial charge in [-0.3, -0.25) is 9.69 Å². The van der Waals surface area contributed by atoms with E-state index in [2.05, 4.69) is 0 Å². The zero-order valence-electron chi connectivity index (χ0n) is 18.9. The fourth-order valence-corrected chi connectivity index (χ4v) is 4.18. The van der Waals surface area contributed by atoms with Crippen molar-refractivity contribution in [2.45, 2.75) is 26.4 Å². The molecule has 0 aliphatic carbocycles. The lowest BCUT2D eigenvalue weighted by molar-refractivity contribution is -0.131. The highest BCUT2D eigenvalue weighted by Crippen LogP contribution is 2.35. The highest BCUT2D eigenvalue weighted by molar-refractivity contribution is 7.22. The van der Waals surface area contributed by atoms with Crippen molar-refractivity contribution in [2.24, 2.45) is 0 Å². The van der Waals surface area contributed by atoms with Crippen LogP contribution >= 0.6 is 35.3 Å². The smallest absolute Gasteiger partial charge is 0.272 e. The minimum absolute atomic E-state index is 0. The Balaban J connectivity index is 0.00000363. The summed E-state index contributed by atoms with van der Waals surface area (Å²) in [7, 11) is 3.95. The Bertz CT molecular complexity index is 1040. The van der Waals surface area contributed by atoms with Crippen LogP contribution in [0.4, 0.5) is 5.13 Å². The average Bonchev–Trinajstić information content (AvgIpc) is 3.14. The van der Waals surface area contributed by atoms with Crippen LogP contribution in [0.3, 0.4) is 0 Å². The molecule has 0 fully saturated rings. The molecule has 0 aliphatic heterocycles. The van der Waals surface area contributed by atoms with Gasteiger partial charge in [0, 0.05) is 18.1 Å². The molecule has 3 rings (SSSR count). The topological polar surface area (TPSA) is 54.9 Å². The van der Waals surface area contributed by atoms with Crippen molar-refractivity contribution in [3.63, 3.8) is 0 Å². The molecule has 0 atom stereocenters. The molecule has 0 unspecified atom stereocenters. The van der Waals surface area contributed by atoms with Crippen molar-refractivity contribution in [3.8, 4) is 11.5 Å². The van der Waals surface area contributed by atoms with Gasteiger partial charge in [0.2, 0.25) is 0 Å². The number of nitrogens with zero attached hydrogens (tertiary/aromatic N) is 3. The molecule has 9 heteroatoms. The van der Waals surface area contributed by atoms with Crippen LogP contribution in [0.25, 0.3) is 10.2 Å². The van der Waals surface area contributed by atoms with Crippen LogP contribution in [0.1, 0.15) is 20.8 Å². The second-order valence-corrected chi connectivity index (χ2v) is 9.30. The number of anilines is 1. The van der Waals surface area contributed by atoms with E-state index in [1.165, 1.54) is 11.3 Å². The zero-order chi connectivity index (χ0) is 22.6. The van der Waals surface area contributed by atoms with Gasteiger partial charge in [-0.15, -0.1) is 12.4 Å².